The van der Waals surface area contributed by atoms with Crippen molar-refractivity contribution in [2.45, 2.75) is 142 Å². The molecular formula is C33H52O4. The highest BCUT2D eigenvalue weighted by Crippen LogP contribution is 2.41. The third-order valence-corrected chi connectivity index (χ3v) is 8.08. The Bertz CT molecular complexity index is 831. The fourth-order valence-corrected chi connectivity index (χ4v) is 5.75. The van der Waals surface area contributed by atoms with Gasteiger partial charge in [-0.3, -0.25) is 4.79 Å². The van der Waals surface area contributed by atoms with Crippen molar-refractivity contribution in [2.24, 2.45) is 5.92 Å². The number of allylic oxidation sites excluding steroid dienone is 2. The Hall–Kier alpha value is -1.81. The smallest absolute Gasteiger partial charge is 0.161 e. The van der Waals surface area contributed by atoms with E-state index in [4.69, 9.17) is 9.47 Å². The highest BCUT2D eigenvalue weighted by atomic mass is 16.5. The molecule has 2 saturated carbocycles. The molecule has 0 bridgehead atoms. The maximum atomic E-state index is 12.4. The number of phenols is 1. The third kappa shape index (κ3) is 10.5. The molecule has 0 saturated heterocycles. The minimum atomic E-state index is 0.165. The molecule has 0 spiro atoms. The van der Waals surface area contributed by atoms with Gasteiger partial charge in [0, 0.05) is 18.6 Å². The maximum Gasteiger partial charge on any atom is 0.161 e. The van der Waals surface area contributed by atoms with Crippen LogP contribution in [0, 0.1) is 5.92 Å². The highest BCUT2D eigenvalue weighted by molar-refractivity contribution is 5.89. The summed E-state index contributed by atoms with van der Waals surface area (Å²) in [6.07, 6.45) is 21.2. The highest BCUT2D eigenvalue weighted by Gasteiger charge is 2.24. The summed E-state index contributed by atoms with van der Waals surface area (Å²) in [6, 6.07) is 4.13. The molecule has 0 heterocycles. The molecular weight excluding hydrogens is 460 g/mol. The molecule has 1 aromatic rings. The lowest BCUT2D eigenvalue weighted by molar-refractivity contribution is -0.114. The van der Waals surface area contributed by atoms with Crippen LogP contribution in [0.25, 0.3) is 0 Å². The van der Waals surface area contributed by atoms with E-state index in [9.17, 15) is 9.90 Å². The van der Waals surface area contributed by atoms with E-state index in [0.29, 0.717) is 36.4 Å². The van der Waals surface area contributed by atoms with Crippen LogP contribution in [0.5, 0.6) is 11.5 Å². The lowest BCUT2D eigenvalue weighted by Crippen LogP contribution is -2.18. The van der Waals surface area contributed by atoms with Crippen molar-refractivity contribution < 1.29 is 19.4 Å². The molecule has 1 unspecified atom stereocenters. The normalized spacial score (nSPS) is 18.2. The molecule has 1 atom stereocenters. The largest absolute Gasteiger partial charge is 0.504 e. The van der Waals surface area contributed by atoms with E-state index in [2.05, 4.69) is 26.8 Å². The molecule has 208 valence electrons. The predicted molar refractivity (Wildman–Crippen MR) is 153 cm³/mol. The predicted octanol–water partition coefficient (Wildman–Crippen LogP) is 8.83. The van der Waals surface area contributed by atoms with E-state index >= 15 is 0 Å². The second-order valence-electron chi connectivity index (χ2n) is 11.8. The molecule has 4 nitrogen and oxygen atoms in total. The molecule has 1 aromatic carbocycles. The molecule has 1 N–H and O–H groups in total. The summed E-state index contributed by atoms with van der Waals surface area (Å²) < 4.78 is 12.7. The lowest BCUT2D eigenvalue weighted by Gasteiger charge is -2.26. The summed E-state index contributed by atoms with van der Waals surface area (Å²) in [7, 11) is 0. The van der Waals surface area contributed by atoms with Crippen LogP contribution < -0.4 is 4.74 Å². The number of aryl methyl sites for hydroxylation is 1. The number of phenolic OH excluding ortho intramolecular Hbond substituents is 1. The van der Waals surface area contributed by atoms with Crippen LogP contribution in [0.2, 0.25) is 0 Å². The number of ketones is 1. The number of hydrogen-bond acceptors (Lipinski definition) is 4. The Morgan fingerprint density at radius 1 is 1.00 bits per heavy atom. The van der Waals surface area contributed by atoms with Gasteiger partial charge >= 0.3 is 0 Å². The van der Waals surface area contributed by atoms with E-state index in [1.807, 2.05) is 12.1 Å². The van der Waals surface area contributed by atoms with Gasteiger partial charge in [-0.15, -0.1) is 0 Å². The van der Waals surface area contributed by atoms with Crippen molar-refractivity contribution in [2.75, 3.05) is 6.61 Å². The zero-order valence-corrected chi connectivity index (χ0v) is 23.8. The summed E-state index contributed by atoms with van der Waals surface area (Å²) in [6.45, 7) is 7.38. The molecule has 0 radical (unpaired) electrons. The van der Waals surface area contributed by atoms with Crippen LogP contribution >= 0.6 is 0 Å². The number of ether oxygens (including phenoxy) is 2. The summed E-state index contributed by atoms with van der Waals surface area (Å²) in [5.74, 6) is 1.90. The quantitative estimate of drug-likeness (QED) is 0.225. The van der Waals surface area contributed by atoms with Gasteiger partial charge in [0.1, 0.15) is 0 Å². The summed E-state index contributed by atoms with van der Waals surface area (Å²) in [5, 5.41) is 11.4. The van der Waals surface area contributed by atoms with Crippen molar-refractivity contribution in [3.63, 3.8) is 0 Å². The number of unbranched alkanes of at least 4 members (excludes halogenated alkanes) is 1. The standard InChI is InChI=1S/C33H52O4/c1-4-5-7-12-28(34)20-18-26-23-31(33(35)32(24-26)37-30-15-10-11-16-30)27(19-17-25(2)3)21-22-36-29-13-8-6-9-14-29/h7,12,23-25,27,29-30,35H,4-6,8-11,13-22H2,1-3H3. The molecule has 4 heteroatoms. The number of carbonyl (C=O) groups is 1. The first-order valence-electron chi connectivity index (χ1n) is 15.3. The van der Waals surface area contributed by atoms with Crippen LogP contribution in [-0.2, 0) is 16.0 Å². The Morgan fingerprint density at radius 3 is 2.41 bits per heavy atom. The van der Waals surface area contributed by atoms with Gasteiger partial charge in [-0.25, -0.2) is 0 Å². The molecule has 0 amide bonds. The second-order valence-corrected chi connectivity index (χ2v) is 11.8. The van der Waals surface area contributed by atoms with Gasteiger partial charge in [-0.2, -0.15) is 0 Å². The van der Waals surface area contributed by atoms with Crippen LogP contribution in [-0.4, -0.2) is 29.7 Å². The van der Waals surface area contributed by atoms with Crippen molar-refractivity contribution >= 4 is 5.78 Å². The lowest BCUT2D eigenvalue weighted by atomic mass is 9.86. The van der Waals surface area contributed by atoms with Crippen molar-refractivity contribution in [3.05, 3.63) is 35.4 Å². The van der Waals surface area contributed by atoms with Gasteiger partial charge < -0.3 is 14.6 Å². The zero-order valence-electron chi connectivity index (χ0n) is 23.8. The van der Waals surface area contributed by atoms with E-state index in [-0.39, 0.29) is 17.8 Å². The number of aromatic hydroxyl groups is 1. The number of hydrogen-bond donors (Lipinski definition) is 1. The zero-order chi connectivity index (χ0) is 26.5. The number of rotatable bonds is 16. The molecule has 37 heavy (non-hydrogen) atoms. The van der Waals surface area contributed by atoms with Gasteiger partial charge in [0.2, 0.25) is 0 Å². The average Bonchev–Trinajstić information content (AvgIpc) is 3.40. The van der Waals surface area contributed by atoms with Gasteiger partial charge in [-0.1, -0.05) is 65.0 Å². The second kappa shape index (κ2) is 16.2. The number of benzene rings is 1. The topological polar surface area (TPSA) is 55.8 Å². The third-order valence-electron chi connectivity index (χ3n) is 8.08. The first kappa shape index (κ1) is 29.7. The van der Waals surface area contributed by atoms with Crippen molar-refractivity contribution in [1.82, 2.24) is 0 Å². The van der Waals surface area contributed by atoms with Crippen molar-refractivity contribution in [3.8, 4) is 11.5 Å². The average molecular weight is 513 g/mol. The first-order valence-corrected chi connectivity index (χ1v) is 15.3. The molecule has 3 rings (SSSR count). The Morgan fingerprint density at radius 2 is 1.70 bits per heavy atom. The van der Waals surface area contributed by atoms with Gasteiger partial charge in [0.15, 0.2) is 17.3 Å². The van der Waals surface area contributed by atoms with Crippen LogP contribution in [0.1, 0.15) is 134 Å². The van der Waals surface area contributed by atoms with Crippen LogP contribution in [0.4, 0.5) is 0 Å². The minimum absolute atomic E-state index is 0.165. The fourth-order valence-electron chi connectivity index (χ4n) is 5.75. The van der Waals surface area contributed by atoms with E-state index in [0.717, 1.165) is 62.7 Å². The van der Waals surface area contributed by atoms with E-state index < -0.39 is 0 Å². The monoisotopic (exact) mass is 512 g/mol. The summed E-state index contributed by atoms with van der Waals surface area (Å²) >= 11 is 0. The molecule has 0 aromatic heterocycles. The molecule has 2 aliphatic carbocycles. The van der Waals surface area contributed by atoms with Crippen molar-refractivity contribution in [1.29, 1.82) is 0 Å². The maximum absolute atomic E-state index is 12.4. The summed E-state index contributed by atoms with van der Waals surface area (Å²) in [4.78, 5) is 12.4. The Labute approximate surface area is 226 Å². The molecule has 2 fully saturated rings. The first-order chi connectivity index (χ1) is 18.0. The van der Waals surface area contributed by atoms with E-state index in [1.54, 1.807) is 6.08 Å². The van der Waals surface area contributed by atoms with Gasteiger partial charge in [0.25, 0.3) is 0 Å². The fraction of sp³-hybridized carbons (Fsp3) is 0.727. The Balaban J connectivity index is 1.78. The minimum Gasteiger partial charge on any atom is -0.504 e. The molecule has 2 aliphatic rings. The van der Waals surface area contributed by atoms with Crippen LogP contribution in [0.3, 0.4) is 0 Å². The molecule has 0 aliphatic heterocycles. The summed E-state index contributed by atoms with van der Waals surface area (Å²) in [5.41, 5.74) is 2.06. The van der Waals surface area contributed by atoms with Gasteiger partial charge in [0.05, 0.1) is 12.2 Å². The number of carbonyl (C=O) groups excluding carboxylic acids is 1. The SMILES string of the molecule is CCCC=CC(=O)CCc1cc(OC2CCCC2)c(O)c(C(CCOC2CCCCC2)CCC(C)C)c1. The Kier molecular flexibility index (Phi) is 13.0. The van der Waals surface area contributed by atoms with Crippen LogP contribution in [0.15, 0.2) is 24.3 Å². The van der Waals surface area contributed by atoms with Gasteiger partial charge in [-0.05, 0) is 93.7 Å². The van der Waals surface area contributed by atoms with E-state index in [1.165, 1.54) is 44.9 Å².